The molecule has 31 heavy (non-hydrogen) atoms. The van der Waals surface area contributed by atoms with E-state index in [0.29, 0.717) is 22.1 Å². The lowest BCUT2D eigenvalue weighted by atomic mass is 10.2. The summed E-state index contributed by atoms with van der Waals surface area (Å²) in [5, 5.41) is 4.19. The van der Waals surface area contributed by atoms with Crippen molar-refractivity contribution in [1.29, 1.82) is 0 Å². The summed E-state index contributed by atoms with van der Waals surface area (Å²) in [6.45, 7) is -0.165. The second-order valence-corrected chi connectivity index (χ2v) is 6.58. The first-order valence-electron chi connectivity index (χ1n) is 9.21. The van der Waals surface area contributed by atoms with Crippen LogP contribution in [-0.4, -0.2) is 31.8 Å². The number of nitrogens with one attached hydrogen (secondary N) is 1. The molecule has 0 aliphatic carbocycles. The van der Waals surface area contributed by atoms with Crippen LogP contribution >= 0.6 is 11.6 Å². The topological polar surface area (TPSA) is 86.2 Å². The summed E-state index contributed by atoms with van der Waals surface area (Å²) >= 11 is 6.03. The van der Waals surface area contributed by atoms with Crippen LogP contribution in [0.5, 0.6) is 17.2 Å². The number of rotatable bonds is 8. The maximum atomic E-state index is 12.4. The first kappa shape index (κ1) is 21.9. The summed E-state index contributed by atoms with van der Waals surface area (Å²) in [4.78, 5) is 24.2. The molecule has 0 aromatic heterocycles. The van der Waals surface area contributed by atoms with Crippen LogP contribution in [0, 0.1) is 0 Å². The summed E-state index contributed by atoms with van der Waals surface area (Å²) in [6.07, 6.45) is 1.43. The smallest absolute Gasteiger partial charge is 0.345 e. The second kappa shape index (κ2) is 10.8. The molecular formula is C23H19ClN2O5. The molecule has 0 heterocycles. The molecule has 158 valence electrons. The Kier molecular flexibility index (Phi) is 7.61. The fourth-order valence-electron chi connectivity index (χ4n) is 2.51. The molecule has 0 aliphatic rings. The fourth-order valence-corrected chi connectivity index (χ4v) is 2.72. The Labute approximate surface area is 184 Å². The highest BCUT2D eigenvalue weighted by Gasteiger charge is 2.15. The highest BCUT2D eigenvalue weighted by Crippen LogP contribution is 2.29. The summed E-state index contributed by atoms with van der Waals surface area (Å²) in [7, 11) is 1.45. The van der Waals surface area contributed by atoms with Crippen molar-refractivity contribution in [3.05, 3.63) is 88.9 Å². The summed E-state index contributed by atoms with van der Waals surface area (Å²) in [6, 6.07) is 20.4. The monoisotopic (exact) mass is 438 g/mol. The van der Waals surface area contributed by atoms with Gasteiger partial charge in [-0.05, 0) is 48.0 Å². The lowest BCUT2D eigenvalue weighted by Crippen LogP contribution is -2.24. The normalized spacial score (nSPS) is 10.5. The van der Waals surface area contributed by atoms with Gasteiger partial charge in [0.2, 0.25) is 0 Å². The largest absolute Gasteiger partial charge is 0.493 e. The molecule has 0 aliphatic heterocycles. The molecule has 8 heteroatoms. The predicted molar refractivity (Wildman–Crippen MR) is 117 cm³/mol. The van der Waals surface area contributed by atoms with E-state index in [0.717, 1.165) is 0 Å². The zero-order valence-electron chi connectivity index (χ0n) is 16.6. The predicted octanol–water partition coefficient (Wildman–Crippen LogP) is 4.10. The number of esters is 1. The summed E-state index contributed by atoms with van der Waals surface area (Å²) in [5.41, 5.74) is 3.25. The Morgan fingerprint density at radius 3 is 2.48 bits per heavy atom. The Bertz CT molecular complexity index is 1090. The van der Waals surface area contributed by atoms with E-state index in [2.05, 4.69) is 10.5 Å². The highest BCUT2D eigenvalue weighted by molar-refractivity contribution is 6.33. The molecule has 1 amide bonds. The van der Waals surface area contributed by atoms with E-state index in [-0.39, 0.29) is 17.9 Å². The van der Waals surface area contributed by atoms with Crippen LogP contribution in [0.25, 0.3) is 0 Å². The van der Waals surface area contributed by atoms with Crippen molar-refractivity contribution in [1.82, 2.24) is 5.43 Å². The van der Waals surface area contributed by atoms with E-state index in [1.165, 1.54) is 13.3 Å². The van der Waals surface area contributed by atoms with Gasteiger partial charge in [-0.1, -0.05) is 41.9 Å². The van der Waals surface area contributed by atoms with Crippen molar-refractivity contribution < 1.29 is 23.8 Å². The Balaban J connectivity index is 1.58. The number of hydrogen-bond donors (Lipinski definition) is 1. The van der Waals surface area contributed by atoms with Gasteiger partial charge in [0.25, 0.3) is 5.91 Å². The molecule has 0 fully saturated rings. The molecule has 3 aromatic rings. The summed E-state index contributed by atoms with van der Waals surface area (Å²) in [5.74, 6) is 0.134. The molecule has 0 spiro atoms. The van der Waals surface area contributed by atoms with E-state index in [9.17, 15) is 9.59 Å². The third kappa shape index (κ3) is 6.32. The number of hydrazone groups is 1. The van der Waals surface area contributed by atoms with Gasteiger partial charge in [0, 0.05) is 0 Å². The van der Waals surface area contributed by atoms with Gasteiger partial charge < -0.3 is 14.2 Å². The summed E-state index contributed by atoms with van der Waals surface area (Å²) < 4.78 is 16.0. The van der Waals surface area contributed by atoms with Crippen LogP contribution in [0.3, 0.4) is 0 Å². The minimum atomic E-state index is -0.601. The molecule has 0 bridgehead atoms. The zero-order valence-corrected chi connectivity index (χ0v) is 17.3. The minimum Gasteiger partial charge on any atom is -0.493 e. The molecule has 7 nitrogen and oxygen atoms in total. The molecular weight excluding hydrogens is 420 g/mol. The number of nitrogens with zero attached hydrogens (tertiary/aromatic N) is 1. The number of hydrogen-bond acceptors (Lipinski definition) is 6. The van der Waals surface area contributed by atoms with E-state index in [1.54, 1.807) is 54.6 Å². The van der Waals surface area contributed by atoms with Crippen LogP contribution in [0.1, 0.15) is 15.9 Å². The van der Waals surface area contributed by atoms with Crippen LogP contribution < -0.4 is 19.6 Å². The van der Waals surface area contributed by atoms with Crippen molar-refractivity contribution >= 4 is 29.7 Å². The minimum absolute atomic E-state index is 0.165. The third-order valence-corrected chi connectivity index (χ3v) is 4.33. The highest BCUT2D eigenvalue weighted by atomic mass is 35.5. The van der Waals surface area contributed by atoms with Gasteiger partial charge in [-0.25, -0.2) is 10.2 Å². The maximum absolute atomic E-state index is 12.4. The molecule has 0 saturated carbocycles. The molecule has 0 unspecified atom stereocenters. The SMILES string of the molecule is COc1cc(C=NNC(=O)COc2ccccc2)ccc1OC(=O)c1ccccc1Cl. The number of benzene rings is 3. The zero-order chi connectivity index (χ0) is 22.1. The first-order valence-corrected chi connectivity index (χ1v) is 9.59. The van der Waals surface area contributed by atoms with E-state index < -0.39 is 11.9 Å². The quantitative estimate of drug-likeness (QED) is 0.248. The van der Waals surface area contributed by atoms with Gasteiger partial charge >= 0.3 is 5.97 Å². The van der Waals surface area contributed by atoms with Crippen LogP contribution in [0.2, 0.25) is 5.02 Å². The number of amides is 1. The van der Waals surface area contributed by atoms with E-state index in [1.807, 2.05) is 18.2 Å². The van der Waals surface area contributed by atoms with Crippen molar-refractivity contribution in [2.75, 3.05) is 13.7 Å². The van der Waals surface area contributed by atoms with Gasteiger partial charge in [0.05, 0.1) is 23.9 Å². The van der Waals surface area contributed by atoms with Crippen molar-refractivity contribution in [3.8, 4) is 17.2 Å². The number of methoxy groups -OCH3 is 1. The average Bonchev–Trinajstić information content (AvgIpc) is 2.79. The maximum Gasteiger partial charge on any atom is 0.345 e. The lowest BCUT2D eigenvalue weighted by Gasteiger charge is -2.10. The fraction of sp³-hybridized carbons (Fsp3) is 0.0870. The standard InChI is InChI=1S/C23H19ClN2O5/c1-29-21-13-16(14-25-26-22(27)15-30-17-7-3-2-4-8-17)11-12-20(21)31-23(28)18-9-5-6-10-19(18)24/h2-14H,15H2,1H3,(H,26,27). The number of ether oxygens (including phenoxy) is 3. The van der Waals surface area contributed by atoms with Gasteiger partial charge in [0.15, 0.2) is 18.1 Å². The third-order valence-electron chi connectivity index (χ3n) is 4.00. The number of para-hydroxylation sites is 1. The van der Waals surface area contributed by atoms with E-state index >= 15 is 0 Å². The van der Waals surface area contributed by atoms with Gasteiger partial charge in [-0.3, -0.25) is 4.79 Å². The molecule has 3 rings (SSSR count). The van der Waals surface area contributed by atoms with Crippen molar-refractivity contribution in [2.24, 2.45) is 5.10 Å². The molecule has 0 atom stereocenters. The molecule has 3 aromatic carbocycles. The number of carbonyl (C=O) groups is 2. The van der Waals surface area contributed by atoms with Crippen molar-refractivity contribution in [2.45, 2.75) is 0 Å². The van der Waals surface area contributed by atoms with Crippen LogP contribution in [0.4, 0.5) is 0 Å². The van der Waals surface area contributed by atoms with E-state index in [4.69, 9.17) is 25.8 Å². The van der Waals surface area contributed by atoms with Gasteiger partial charge in [-0.2, -0.15) is 5.10 Å². The van der Waals surface area contributed by atoms with Gasteiger partial charge in [0.1, 0.15) is 5.75 Å². The first-order chi connectivity index (χ1) is 15.1. The molecule has 0 saturated heterocycles. The second-order valence-electron chi connectivity index (χ2n) is 6.17. The molecule has 1 N–H and O–H groups in total. The average molecular weight is 439 g/mol. The van der Waals surface area contributed by atoms with Gasteiger partial charge in [-0.15, -0.1) is 0 Å². The number of carbonyl (C=O) groups excluding carboxylic acids is 2. The number of halogens is 1. The lowest BCUT2D eigenvalue weighted by molar-refractivity contribution is -0.123. The molecule has 0 radical (unpaired) electrons. The van der Waals surface area contributed by atoms with Crippen molar-refractivity contribution in [3.63, 3.8) is 0 Å². The Morgan fingerprint density at radius 1 is 1.00 bits per heavy atom. The van der Waals surface area contributed by atoms with Crippen LogP contribution in [-0.2, 0) is 4.79 Å². The Hall–Kier alpha value is -3.84. The van der Waals surface area contributed by atoms with Crippen LogP contribution in [0.15, 0.2) is 77.9 Å². The Morgan fingerprint density at radius 2 is 1.74 bits per heavy atom.